The molecule has 0 aliphatic rings. The van der Waals surface area contributed by atoms with Crippen LogP contribution in [0.5, 0.6) is 0 Å². The zero-order valence-corrected chi connectivity index (χ0v) is 9.57. The number of fused-ring (bicyclic) bond motifs is 1. The Hall–Kier alpha value is -2.50. The van der Waals surface area contributed by atoms with Crippen molar-refractivity contribution in [2.45, 2.75) is 0 Å². The molecule has 2 aromatic carbocycles. The molecule has 0 fully saturated rings. The van der Waals surface area contributed by atoms with Gasteiger partial charge in [-0.3, -0.25) is 4.57 Å². The molecule has 2 N–H and O–H groups in total. The van der Waals surface area contributed by atoms with Crippen LogP contribution in [0, 0.1) is 17.5 Å². The molecule has 3 nitrogen and oxygen atoms in total. The molecule has 1 aromatic heterocycles. The molecular formula is C13H8F3N3. The maximum atomic E-state index is 13.7. The number of aromatic nitrogens is 2. The minimum atomic E-state index is -0.992. The Kier molecular flexibility index (Phi) is 2.45. The molecule has 0 atom stereocenters. The van der Waals surface area contributed by atoms with Gasteiger partial charge in [0.05, 0.1) is 11.0 Å². The van der Waals surface area contributed by atoms with Gasteiger partial charge in [-0.2, -0.15) is 0 Å². The normalized spacial score (nSPS) is 11.1. The Bertz CT molecular complexity index is 757. The molecule has 0 unspecified atom stereocenters. The number of nitrogens with zero attached hydrogens (tertiary/aromatic N) is 2. The van der Waals surface area contributed by atoms with E-state index in [-0.39, 0.29) is 5.69 Å². The molecule has 6 heteroatoms. The highest BCUT2D eigenvalue weighted by Gasteiger charge is 2.15. The van der Waals surface area contributed by atoms with Gasteiger partial charge in [0, 0.05) is 17.8 Å². The SMILES string of the molecule is Nc1ccc2c(c1)ncn2-c1c(F)cc(F)cc1F. The second-order valence-corrected chi connectivity index (χ2v) is 4.08. The number of imidazole rings is 1. The largest absolute Gasteiger partial charge is 0.399 e. The average Bonchev–Trinajstić information content (AvgIpc) is 2.71. The van der Waals surface area contributed by atoms with Crippen molar-refractivity contribution in [3.63, 3.8) is 0 Å². The van der Waals surface area contributed by atoms with Crippen molar-refractivity contribution in [1.82, 2.24) is 9.55 Å². The summed E-state index contributed by atoms with van der Waals surface area (Å²) in [4.78, 5) is 4.02. The van der Waals surface area contributed by atoms with Crippen LogP contribution in [0.2, 0.25) is 0 Å². The van der Waals surface area contributed by atoms with Gasteiger partial charge in [0.15, 0.2) is 11.6 Å². The Morgan fingerprint density at radius 2 is 1.68 bits per heavy atom. The molecule has 3 rings (SSSR count). The van der Waals surface area contributed by atoms with Gasteiger partial charge in [-0.05, 0) is 18.2 Å². The van der Waals surface area contributed by atoms with Gasteiger partial charge in [0.1, 0.15) is 17.8 Å². The van der Waals surface area contributed by atoms with Crippen molar-refractivity contribution in [3.05, 3.63) is 54.1 Å². The van der Waals surface area contributed by atoms with Crippen LogP contribution in [0.3, 0.4) is 0 Å². The van der Waals surface area contributed by atoms with E-state index in [1.54, 1.807) is 18.2 Å². The summed E-state index contributed by atoms with van der Waals surface area (Å²) in [5.41, 5.74) is 6.72. The molecule has 0 spiro atoms. The first-order chi connectivity index (χ1) is 9.06. The summed E-state index contributed by atoms with van der Waals surface area (Å²) < 4.78 is 41.6. The lowest BCUT2D eigenvalue weighted by atomic mass is 10.2. The van der Waals surface area contributed by atoms with Crippen molar-refractivity contribution >= 4 is 16.7 Å². The molecule has 0 bridgehead atoms. The summed E-state index contributed by atoms with van der Waals surface area (Å²) in [6.45, 7) is 0. The third kappa shape index (κ3) is 1.81. The predicted octanol–water partition coefficient (Wildman–Crippen LogP) is 3.03. The van der Waals surface area contributed by atoms with Crippen LogP contribution in [-0.4, -0.2) is 9.55 Å². The Balaban J connectivity index is 2.31. The molecule has 96 valence electrons. The van der Waals surface area contributed by atoms with Gasteiger partial charge in [0.2, 0.25) is 0 Å². The van der Waals surface area contributed by atoms with Crippen molar-refractivity contribution in [3.8, 4) is 5.69 Å². The highest BCUT2D eigenvalue weighted by molar-refractivity contribution is 5.80. The maximum absolute atomic E-state index is 13.7. The van der Waals surface area contributed by atoms with Crippen LogP contribution in [-0.2, 0) is 0 Å². The number of nitrogens with two attached hydrogens (primary N) is 1. The number of halogens is 3. The Morgan fingerprint density at radius 1 is 1.00 bits per heavy atom. The van der Waals surface area contributed by atoms with Crippen molar-refractivity contribution in [1.29, 1.82) is 0 Å². The van der Waals surface area contributed by atoms with Crippen LogP contribution in [0.25, 0.3) is 16.7 Å². The first kappa shape index (κ1) is 11.6. The zero-order chi connectivity index (χ0) is 13.6. The highest BCUT2D eigenvalue weighted by Crippen LogP contribution is 2.24. The quantitative estimate of drug-likeness (QED) is 0.686. The molecule has 0 amide bonds. The zero-order valence-electron chi connectivity index (χ0n) is 9.57. The van der Waals surface area contributed by atoms with E-state index in [4.69, 9.17) is 5.73 Å². The van der Waals surface area contributed by atoms with Gasteiger partial charge >= 0.3 is 0 Å². The predicted molar refractivity (Wildman–Crippen MR) is 65.4 cm³/mol. The van der Waals surface area contributed by atoms with Gasteiger partial charge in [0.25, 0.3) is 0 Å². The van der Waals surface area contributed by atoms with Crippen LogP contribution in [0.1, 0.15) is 0 Å². The number of rotatable bonds is 1. The Labute approximate surface area is 106 Å². The van der Waals surface area contributed by atoms with Crippen molar-refractivity contribution < 1.29 is 13.2 Å². The fourth-order valence-electron chi connectivity index (χ4n) is 1.97. The van der Waals surface area contributed by atoms with E-state index in [1.807, 2.05) is 0 Å². The second kappa shape index (κ2) is 4.01. The van der Waals surface area contributed by atoms with Crippen LogP contribution >= 0.6 is 0 Å². The maximum Gasteiger partial charge on any atom is 0.153 e. The Morgan fingerprint density at radius 3 is 2.37 bits per heavy atom. The van der Waals surface area contributed by atoms with E-state index >= 15 is 0 Å². The number of hydrogen-bond donors (Lipinski definition) is 1. The van der Waals surface area contributed by atoms with Gasteiger partial charge in [-0.25, -0.2) is 18.2 Å². The lowest BCUT2D eigenvalue weighted by Gasteiger charge is -2.07. The second-order valence-electron chi connectivity index (χ2n) is 4.08. The lowest BCUT2D eigenvalue weighted by Crippen LogP contribution is -2.01. The number of anilines is 1. The number of benzene rings is 2. The summed E-state index contributed by atoms with van der Waals surface area (Å²) in [7, 11) is 0. The summed E-state index contributed by atoms with van der Waals surface area (Å²) in [5, 5.41) is 0. The third-order valence-corrected chi connectivity index (χ3v) is 2.79. The smallest absolute Gasteiger partial charge is 0.153 e. The molecule has 0 aliphatic carbocycles. The van der Waals surface area contributed by atoms with Crippen LogP contribution in [0.4, 0.5) is 18.9 Å². The molecule has 3 aromatic rings. The average molecular weight is 263 g/mol. The molecule has 1 heterocycles. The topological polar surface area (TPSA) is 43.8 Å². The molecule has 0 radical (unpaired) electrons. The van der Waals surface area contributed by atoms with E-state index in [0.29, 0.717) is 28.9 Å². The van der Waals surface area contributed by atoms with Crippen LogP contribution in [0.15, 0.2) is 36.7 Å². The number of hydrogen-bond acceptors (Lipinski definition) is 2. The molecule has 0 saturated carbocycles. The fourth-order valence-corrected chi connectivity index (χ4v) is 1.97. The van der Waals surface area contributed by atoms with E-state index in [9.17, 15) is 13.2 Å². The first-order valence-electron chi connectivity index (χ1n) is 5.44. The van der Waals surface area contributed by atoms with Crippen molar-refractivity contribution in [2.24, 2.45) is 0 Å². The minimum absolute atomic E-state index is 0.367. The minimum Gasteiger partial charge on any atom is -0.399 e. The summed E-state index contributed by atoms with van der Waals surface area (Å²) in [6, 6.07) is 6.04. The summed E-state index contributed by atoms with van der Waals surface area (Å²) in [6.07, 6.45) is 1.27. The number of nitrogen functional groups attached to an aromatic ring is 1. The monoisotopic (exact) mass is 263 g/mol. The summed E-state index contributed by atoms with van der Waals surface area (Å²) in [5.74, 6) is -2.95. The van der Waals surface area contributed by atoms with Crippen LogP contribution < -0.4 is 5.73 Å². The highest BCUT2D eigenvalue weighted by atomic mass is 19.1. The van der Waals surface area contributed by atoms with Gasteiger partial charge in [-0.15, -0.1) is 0 Å². The third-order valence-electron chi connectivity index (χ3n) is 2.79. The molecule has 0 aliphatic heterocycles. The van der Waals surface area contributed by atoms with Gasteiger partial charge in [-0.1, -0.05) is 0 Å². The molecule has 0 saturated heterocycles. The van der Waals surface area contributed by atoms with E-state index < -0.39 is 17.5 Å². The fraction of sp³-hybridized carbons (Fsp3) is 0. The van der Waals surface area contributed by atoms with E-state index in [2.05, 4.69) is 4.98 Å². The van der Waals surface area contributed by atoms with Crippen molar-refractivity contribution in [2.75, 3.05) is 5.73 Å². The van der Waals surface area contributed by atoms with E-state index in [1.165, 1.54) is 10.9 Å². The molecular weight excluding hydrogens is 255 g/mol. The molecule has 19 heavy (non-hydrogen) atoms. The first-order valence-corrected chi connectivity index (χ1v) is 5.44. The lowest BCUT2D eigenvalue weighted by molar-refractivity contribution is 0.535. The van der Waals surface area contributed by atoms with E-state index in [0.717, 1.165) is 0 Å². The van der Waals surface area contributed by atoms with Gasteiger partial charge < -0.3 is 5.73 Å². The summed E-state index contributed by atoms with van der Waals surface area (Å²) >= 11 is 0. The standard InChI is InChI=1S/C13H8F3N3/c14-7-3-9(15)13(10(16)4-7)19-6-18-11-5-8(17)1-2-12(11)19/h1-6H,17H2.